The first-order valence-electron chi connectivity index (χ1n) is 4.87. The zero-order valence-corrected chi connectivity index (χ0v) is 10.5. The van der Waals surface area contributed by atoms with Crippen LogP contribution >= 0.6 is 7.60 Å². The Hall–Kier alpha value is -1.43. The Morgan fingerprint density at radius 2 is 1.83 bits per heavy atom. The quantitative estimate of drug-likeness (QED) is 0.339. The minimum atomic E-state index is -5.03. The molecule has 0 saturated heterocycles. The molecule has 0 radical (unpaired) electrons. The van der Waals surface area contributed by atoms with Crippen LogP contribution in [-0.4, -0.2) is 38.6 Å². The van der Waals surface area contributed by atoms with Gasteiger partial charge in [0.2, 0.25) is 0 Å². The summed E-state index contributed by atoms with van der Waals surface area (Å²) in [7, 11) is -5.03. The Balaban J connectivity index is 5.51. The largest absolute Gasteiger partial charge is 0.481 e. The molecule has 8 heteroatoms. The molecule has 7 nitrogen and oxygen atoms in total. The van der Waals surface area contributed by atoms with E-state index < -0.39 is 37.5 Å². The van der Waals surface area contributed by atoms with Crippen molar-refractivity contribution in [1.29, 1.82) is 0 Å². The van der Waals surface area contributed by atoms with E-state index in [-0.39, 0.29) is 6.61 Å². The van der Waals surface area contributed by atoms with Gasteiger partial charge in [-0.15, -0.1) is 6.58 Å². The highest BCUT2D eigenvalue weighted by atomic mass is 31.2. The molecule has 0 aromatic carbocycles. The van der Waals surface area contributed by atoms with E-state index in [0.29, 0.717) is 0 Å². The fraction of sp³-hybridized carbons (Fsp3) is 0.400. The Bertz CT molecular complexity index is 397. The Labute approximate surface area is 104 Å². The van der Waals surface area contributed by atoms with Crippen molar-refractivity contribution in [3.8, 4) is 0 Å². The van der Waals surface area contributed by atoms with Gasteiger partial charge < -0.3 is 19.6 Å². The summed E-state index contributed by atoms with van der Waals surface area (Å²) in [6.45, 7) is 6.27. The number of allylic oxidation sites excluding steroid dienone is 1. The minimum Gasteiger partial charge on any atom is -0.481 e. The van der Waals surface area contributed by atoms with Crippen LogP contribution in [0.15, 0.2) is 25.3 Å². The number of hydrogen-bond donors (Lipinski definition) is 3. The third-order valence-corrected chi connectivity index (χ3v) is 3.83. The molecule has 0 fully saturated rings. The standard InChI is InChI=1S/C10H15O7P/c1-3-5-10(7-8(11)12,18(14,15)16)9(13)17-6-4-2/h3-4H,1-2,5-7H2,(H,11,12)(H2,14,15,16). The molecule has 0 heterocycles. The van der Waals surface area contributed by atoms with E-state index in [2.05, 4.69) is 17.9 Å². The van der Waals surface area contributed by atoms with Gasteiger partial charge in [0.1, 0.15) is 6.61 Å². The Morgan fingerprint density at radius 1 is 1.28 bits per heavy atom. The van der Waals surface area contributed by atoms with Crippen LogP contribution in [0.5, 0.6) is 0 Å². The second-order valence-corrected chi connectivity index (χ2v) is 5.47. The number of rotatable bonds is 8. The number of hydrogen-bond acceptors (Lipinski definition) is 4. The summed E-state index contributed by atoms with van der Waals surface area (Å²) >= 11 is 0. The fourth-order valence-electron chi connectivity index (χ4n) is 1.33. The highest BCUT2D eigenvalue weighted by molar-refractivity contribution is 7.54. The van der Waals surface area contributed by atoms with E-state index in [1.54, 1.807) is 0 Å². The monoisotopic (exact) mass is 278 g/mol. The first-order chi connectivity index (χ1) is 8.21. The van der Waals surface area contributed by atoms with Gasteiger partial charge in [-0.25, -0.2) is 0 Å². The van der Waals surface area contributed by atoms with Crippen molar-refractivity contribution in [3.63, 3.8) is 0 Å². The van der Waals surface area contributed by atoms with Gasteiger partial charge in [-0.2, -0.15) is 0 Å². The summed E-state index contributed by atoms with van der Waals surface area (Å²) in [5.74, 6) is -2.80. The average molecular weight is 278 g/mol. The zero-order valence-electron chi connectivity index (χ0n) is 9.61. The number of esters is 1. The minimum absolute atomic E-state index is 0.267. The highest BCUT2D eigenvalue weighted by Gasteiger charge is 2.55. The van der Waals surface area contributed by atoms with Crippen LogP contribution in [0.1, 0.15) is 12.8 Å². The van der Waals surface area contributed by atoms with Crippen molar-refractivity contribution < 1.29 is 33.8 Å². The maximum atomic E-state index is 11.7. The predicted octanol–water partition coefficient (Wildman–Crippen LogP) is 0.683. The number of carboxylic acids is 1. The van der Waals surface area contributed by atoms with Gasteiger partial charge in [0.05, 0.1) is 6.42 Å². The molecule has 0 aromatic rings. The van der Waals surface area contributed by atoms with Crippen LogP contribution in [0.25, 0.3) is 0 Å². The summed E-state index contributed by atoms with van der Waals surface area (Å²) in [5.41, 5.74) is 0. The Morgan fingerprint density at radius 3 is 2.17 bits per heavy atom. The van der Waals surface area contributed by atoms with Crippen LogP contribution in [-0.2, 0) is 18.9 Å². The van der Waals surface area contributed by atoms with Gasteiger partial charge in [-0.05, 0) is 6.42 Å². The lowest BCUT2D eigenvalue weighted by atomic mass is 10.0. The van der Waals surface area contributed by atoms with E-state index in [4.69, 9.17) is 5.11 Å². The van der Waals surface area contributed by atoms with Crippen molar-refractivity contribution in [2.45, 2.75) is 18.0 Å². The summed E-state index contributed by atoms with van der Waals surface area (Å²) in [6.07, 6.45) is 0.729. The van der Waals surface area contributed by atoms with Gasteiger partial charge in [0, 0.05) is 0 Å². The average Bonchev–Trinajstić information content (AvgIpc) is 2.22. The van der Waals surface area contributed by atoms with Crippen molar-refractivity contribution >= 4 is 19.5 Å². The van der Waals surface area contributed by atoms with E-state index in [1.165, 1.54) is 6.08 Å². The molecule has 0 aliphatic rings. The van der Waals surface area contributed by atoms with E-state index in [1.807, 2.05) is 0 Å². The third-order valence-electron chi connectivity index (χ3n) is 2.20. The summed E-state index contributed by atoms with van der Waals surface area (Å²) in [5, 5.41) is 6.27. The molecule has 102 valence electrons. The van der Waals surface area contributed by atoms with E-state index in [0.717, 1.165) is 6.08 Å². The number of aliphatic carboxylic acids is 1. The van der Waals surface area contributed by atoms with Gasteiger partial charge in [-0.3, -0.25) is 14.2 Å². The smallest absolute Gasteiger partial charge is 0.343 e. The van der Waals surface area contributed by atoms with Crippen LogP contribution < -0.4 is 0 Å². The molecule has 0 amide bonds. The van der Waals surface area contributed by atoms with Gasteiger partial charge >= 0.3 is 19.5 Å². The second kappa shape index (κ2) is 6.49. The number of carbonyl (C=O) groups is 2. The molecule has 0 spiro atoms. The molecule has 0 bridgehead atoms. The molecule has 0 rings (SSSR count). The van der Waals surface area contributed by atoms with Crippen molar-refractivity contribution in [2.75, 3.05) is 6.61 Å². The van der Waals surface area contributed by atoms with Crippen LogP contribution in [0.2, 0.25) is 0 Å². The second-order valence-electron chi connectivity index (χ2n) is 3.53. The zero-order chi connectivity index (χ0) is 14.4. The highest BCUT2D eigenvalue weighted by Crippen LogP contribution is 2.55. The normalized spacial score (nSPS) is 14.3. The lowest BCUT2D eigenvalue weighted by Crippen LogP contribution is -2.41. The van der Waals surface area contributed by atoms with Crippen molar-refractivity contribution in [3.05, 3.63) is 25.3 Å². The van der Waals surface area contributed by atoms with E-state index >= 15 is 0 Å². The molecule has 0 saturated carbocycles. The summed E-state index contributed by atoms with van der Waals surface area (Å²) in [4.78, 5) is 40.9. The number of carbonyl (C=O) groups excluding carboxylic acids is 1. The van der Waals surface area contributed by atoms with Gasteiger partial charge in [0.25, 0.3) is 0 Å². The molecule has 0 aromatic heterocycles. The summed E-state index contributed by atoms with van der Waals surface area (Å²) in [6, 6.07) is 0. The maximum absolute atomic E-state index is 11.7. The first-order valence-corrected chi connectivity index (χ1v) is 6.49. The lowest BCUT2D eigenvalue weighted by molar-refractivity contribution is -0.151. The molecule has 0 aliphatic heterocycles. The molecule has 1 atom stereocenters. The van der Waals surface area contributed by atoms with Crippen LogP contribution in [0.3, 0.4) is 0 Å². The first kappa shape index (κ1) is 16.6. The van der Waals surface area contributed by atoms with Gasteiger partial charge in [-0.1, -0.05) is 18.7 Å². The lowest BCUT2D eigenvalue weighted by Gasteiger charge is -2.29. The molecular weight excluding hydrogens is 263 g/mol. The molecule has 18 heavy (non-hydrogen) atoms. The van der Waals surface area contributed by atoms with Crippen molar-refractivity contribution in [2.24, 2.45) is 0 Å². The molecular formula is C10H15O7P. The van der Waals surface area contributed by atoms with Gasteiger partial charge in [0.15, 0.2) is 5.16 Å². The van der Waals surface area contributed by atoms with Crippen LogP contribution in [0.4, 0.5) is 0 Å². The SMILES string of the molecule is C=CCOC(=O)C(CC=C)(CC(=O)O)P(=O)(O)O. The predicted molar refractivity (Wildman–Crippen MR) is 63.0 cm³/mol. The Kier molecular flexibility index (Phi) is 5.97. The van der Waals surface area contributed by atoms with E-state index in [9.17, 15) is 23.9 Å². The third kappa shape index (κ3) is 3.80. The molecule has 3 N–H and O–H groups in total. The molecule has 1 unspecified atom stereocenters. The number of carboxylic acid groups (broad SMARTS) is 1. The topological polar surface area (TPSA) is 121 Å². The summed E-state index contributed by atoms with van der Waals surface area (Å²) < 4.78 is 16.0. The molecule has 0 aliphatic carbocycles. The van der Waals surface area contributed by atoms with Crippen LogP contribution in [0, 0.1) is 0 Å². The van der Waals surface area contributed by atoms with Crippen molar-refractivity contribution in [1.82, 2.24) is 0 Å². The number of ether oxygens (including phenoxy) is 1. The maximum Gasteiger partial charge on any atom is 0.343 e. The fourth-order valence-corrected chi connectivity index (χ4v) is 2.34.